The minimum Gasteiger partial charge on any atom is -0.380 e. The van der Waals surface area contributed by atoms with Crippen molar-refractivity contribution in [3.63, 3.8) is 0 Å². The van der Waals surface area contributed by atoms with Crippen molar-refractivity contribution in [2.24, 2.45) is 0 Å². The van der Waals surface area contributed by atoms with Gasteiger partial charge >= 0.3 is 0 Å². The molecule has 6 rings (SSSR count). The summed E-state index contributed by atoms with van der Waals surface area (Å²) >= 11 is 0. The molecule has 1 N–H and O–H groups in total. The fraction of sp³-hybridized carbons (Fsp3) is 0.525. The molecular weight excluding hydrogens is 566 g/mol. The lowest BCUT2D eigenvalue weighted by Gasteiger charge is -2.37. The second-order valence-corrected chi connectivity index (χ2v) is 13.6. The first-order valence-corrected chi connectivity index (χ1v) is 18.1. The number of para-hydroxylation sites is 2. The predicted molar refractivity (Wildman–Crippen MR) is 192 cm³/mol. The summed E-state index contributed by atoms with van der Waals surface area (Å²) in [5, 5.41) is 3.83. The van der Waals surface area contributed by atoms with Gasteiger partial charge in [-0.3, -0.25) is 4.90 Å². The molecule has 0 aliphatic carbocycles. The number of likely N-dealkylation sites (tertiary alicyclic amines) is 2. The van der Waals surface area contributed by atoms with E-state index in [4.69, 9.17) is 9.72 Å². The van der Waals surface area contributed by atoms with Gasteiger partial charge in [-0.2, -0.15) is 0 Å². The zero-order valence-corrected chi connectivity index (χ0v) is 28.2. The van der Waals surface area contributed by atoms with Crippen LogP contribution in [-0.2, 0) is 16.7 Å². The number of ether oxygens (including phenoxy) is 1. The summed E-state index contributed by atoms with van der Waals surface area (Å²) in [5.41, 5.74) is 5.46. The molecule has 1 aromatic heterocycles. The summed E-state index contributed by atoms with van der Waals surface area (Å²) in [7, 11) is 0. The number of hydrogen-bond donors (Lipinski definition) is 1. The van der Waals surface area contributed by atoms with Gasteiger partial charge in [-0.15, -0.1) is 0 Å². The molecule has 6 nitrogen and oxygen atoms in total. The normalized spacial score (nSPS) is 20.4. The first kappa shape index (κ1) is 32.7. The van der Waals surface area contributed by atoms with Gasteiger partial charge in [-0.05, 0) is 75.4 Å². The maximum Gasteiger partial charge on any atom is 0.204 e. The number of fused-ring (bicyclic) bond motifs is 1. The summed E-state index contributed by atoms with van der Waals surface area (Å²) in [6.45, 7) is 12.4. The van der Waals surface area contributed by atoms with Crippen molar-refractivity contribution < 1.29 is 4.74 Å². The van der Waals surface area contributed by atoms with E-state index in [2.05, 4.69) is 118 Å². The Bertz CT molecular complexity index is 1470. The number of hydrogen-bond acceptors (Lipinski definition) is 5. The fourth-order valence-electron chi connectivity index (χ4n) is 7.94. The first-order valence-electron chi connectivity index (χ1n) is 18.1. The molecule has 46 heavy (non-hydrogen) atoms. The van der Waals surface area contributed by atoms with Crippen LogP contribution in [0, 0.1) is 0 Å². The largest absolute Gasteiger partial charge is 0.380 e. The molecule has 0 bridgehead atoms. The molecule has 4 aromatic rings. The quantitative estimate of drug-likeness (QED) is 0.128. The Hall–Kier alpha value is -3.19. The molecule has 0 radical (unpaired) electrons. The van der Waals surface area contributed by atoms with Gasteiger partial charge in [0, 0.05) is 50.3 Å². The molecule has 0 amide bonds. The Balaban J connectivity index is 1.09. The number of nitrogens with zero attached hydrogens (tertiary/aromatic N) is 4. The van der Waals surface area contributed by atoms with Crippen molar-refractivity contribution in [1.82, 2.24) is 19.4 Å². The van der Waals surface area contributed by atoms with E-state index < -0.39 is 0 Å². The lowest BCUT2D eigenvalue weighted by molar-refractivity contribution is 0.140. The number of anilines is 1. The standard InChI is InChI=1S/C40H55N5O/c1-3-5-8-20-37(33-15-9-6-10-16-33)44-29-25-40(32-44,34-17-11-7-12-18-34)24-28-43-26-22-35(23-27-43)41-39-42-36-19-13-14-21-38(36)45(39)30-31-46-4-2/h6-7,9-19,21,35,37H,3-5,8,20,22-32H2,1-2H3,(H,41,42). The molecule has 2 fully saturated rings. The number of piperidine rings is 1. The second-order valence-electron chi connectivity index (χ2n) is 13.6. The minimum absolute atomic E-state index is 0.208. The molecule has 2 aliphatic rings. The number of unbranched alkanes of at least 4 members (excludes halogenated alkanes) is 2. The van der Waals surface area contributed by atoms with Gasteiger partial charge in [0.15, 0.2) is 0 Å². The van der Waals surface area contributed by atoms with E-state index in [-0.39, 0.29) is 5.41 Å². The zero-order chi connectivity index (χ0) is 31.6. The summed E-state index contributed by atoms with van der Waals surface area (Å²) < 4.78 is 8.01. The van der Waals surface area contributed by atoms with Gasteiger partial charge < -0.3 is 19.5 Å². The highest BCUT2D eigenvalue weighted by Crippen LogP contribution is 2.42. The third kappa shape index (κ3) is 7.84. The Morgan fingerprint density at radius 3 is 2.37 bits per heavy atom. The van der Waals surface area contributed by atoms with Crippen molar-refractivity contribution >= 4 is 17.0 Å². The monoisotopic (exact) mass is 621 g/mol. The van der Waals surface area contributed by atoms with Crippen LogP contribution in [0.1, 0.15) is 82.4 Å². The first-order chi connectivity index (χ1) is 22.7. The van der Waals surface area contributed by atoms with E-state index in [1.165, 1.54) is 61.7 Å². The molecule has 3 heterocycles. The van der Waals surface area contributed by atoms with Crippen molar-refractivity contribution in [3.05, 3.63) is 96.1 Å². The van der Waals surface area contributed by atoms with Crippen LogP contribution in [0.3, 0.4) is 0 Å². The lowest BCUT2D eigenvalue weighted by Crippen LogP contribution is -2.42. The van der Waals surface area contributed by atoms with E-state index in [0.29, 0.717) is 18.7 Å². The molecule has 2 saturated heterocycles. The van der Waals surface area contributed by atoms with Crippen molar-refractivity contribution in [3.8, 4) is 0 Å². The van der Waals surface area contributed by atoms with Gasteiger partial charge in [0.2, 0.25) is 5.95 Å². The molecule has 0 spiro atoms. The van der Waals surface area contributed by atoms with E-state index in [1.54, 1.807) is 0 Å². The fourth-order valence-corrected chi connectivity index (χ4v) is 7.94. The molecule has 2 unspecified atom stereocenters. The lowest BCUT2D eigenvalue weighted by atomic mass is 9.76. The summed E-state index contributed by atoms with van der Waals surface area (Å²) in [5.74, 6) is 0.986. The summed E-state index contributed by atoms with van der Waals surface area (Å²) in [6, 6.07) is 32.2. The van der Waals surface area contributed by atoms with Gasteiger partial charge in [0.25, 0.3) is 0 Å². The number of rotatable bonds is 16. The van der Waals surface area contributed by atoms with Crippen molar-refractivity contribution in [2.75, 3.05) is 51.3 Å². The maximum absolute atomic E-state index is 5.70. The third-order valence-electron chi connectivity index (χ3n) is 10.6. The predicted octanol–water partition coefficient (Wildman–Crippen LogP) is 8.30. The molecule has 246 valence electrons. The van der Waals surface area contributed by atoms with Crippen LogP contribution in [-0.4, -0.2) is 71.3 Å². The molecule has 0 saturated carbocycles. The van der Waals surface area contributed by atoms with E-state index in [0.717, 1.165) is 63.6 Å². The van der Waals surface area contributed by atoms with Gasteiger partial charge in [0.1, 0.15) is 0 Å². The minimum atomic E-state index is 0.208. The highest BCUT2D eigenvalue weighted by Gasteiger charge is 2.42. The van der Waals surface area contributed by atoms with Crippen LogP contribution in [0.2, 0.25) is 0 Å². The average Bonchev–Trinajstić information content (AvgIpc) is 3.69. The maximum atomic E-state index is 5.70. The smallest absolute Gasteiger partial charge is 0.204 e. The van der Waals surface area contributed by atoms with Gasteiger partial charge in [-0.1, -0.05) is 99.0 Å². The molecule has 2 atom stereocenters. The molecule has 3 aromatic carbocycles. The number of imidazole rings is 1. The van der Waals surface area contributed by atoms with Crippen molar-refractivity contribution in [1.29, 1.82) is 0 Å². The zero-order valence-electron chi connectivity index (χ0n) is 28.2. The van der Waals surface area contributed by atoms with Crippen LogP contribution in [0.4, 0.5) is 5.95 Å². The second kappa shape index (κ2) is 16.1. The van der Waals surface area contributed by atoms with Gasteiger partial charge in [0.05, 0.1) is 17.6 Å². The number of nitrogens with one attached hydrogen (secondary N) is 1. The molecule has 2 aliphatic heterocycles. The van der Waals surface area contributed by atoms with E-state index in [1.807, 2.05) is 0 Å². The molecule has 6 heteroatoms. The highest BCUT2D eigenvalue weighted by molar-refractivity contribution is 5.78. The van der Waals surface area contributed by atoms with Crippen LogP contribution in [0.25, 0.3) is 11.0 Å². The highest BCUT2D eigenvalue weighted by atomic mass is 16.5. The van der Waals surface area contributed by atoms with E-state index in [9.17, 15) is 0 Å². The number of benzene rings is 3. The van der Waals surface area contributed by atoms with Crippen LogP contribution >= 0.6 is 0 Å². The van der Waals surface area contributed by atoms with Crippen LogP contribution < -0.4 is 5.32 Å². The van der Waals surface area contributed by atoms with Crippen LogP contribution in [0.15, 0.2) is 84.9 Å². The summed E-state index contributed by atoms with van der Waals surface area (Å²) in [6.07, 6.45) is 9.89. The average molecular weight is 622 g/mol. The number of aromatic nitrogens is 2. The van der Waals surface area contributed by atoms with E-state index >= 15 is 0 Å². The Labute approximate surface area is 277 Å². The summed E-state index contributed by atoms with van der Waals surface area (Å²) in [4.78, 5) is 10.5. The van der Waals surface area contributed by atoms with Gasteiger partial charge in [-0.25, -0.2) is 4.98 Å². The SMILES string of the molecule is CCCCCC(c1ccccc1)N1CCC(CCN2CCC(Nc3nc4ccccc4n3CCOCC)CC2)(c2ccccc2)C1. The van der Waals surface area contributed by atoms with Crippen molar-refractivity contribution in [2.45, 2.75) is 89.3 Å². The Morgan fingerprint density at radius 1 is 0.870 bits per heavy atom. The Kier molecular flexibility index (Phi) is 11.4. The topological polar surface area (TPSA) is 45.6 Å². The van der Waals surface area contributed by atoms with Crippen LogP contribution in [0.5, 0.6) is 0 Å². The molecular formula is C40H55N5O. The third-order valence-corrected chi connectivity index (χ3v) is 10.6. The Morgan fingerprint density at radius 2 is 1.61 bits per heavy atom.